The average Bonchev–Trinajstić information content (AvgIpc) is 3.53. The van der Waals surface area contributed by atoms with Crippen LogP contribution in [0, 0.1) is 0 Å². The number of rotatable bonds is 3. The monoisotopic (exact) mass is 685 g/mol. The lowest BCUT2D eigenvalue weighted by molar-refractivity contribution is 1.18. The Kier molecular flexibility index (Phi) is 7.41. The van der Waals surface area contributed by atoms with Crippen molar-refractivity contribution in [2.45, 2.75) is 19.6 Å². The maximum absolute atomic E-state index is 2.41. The molecule has 0 fully saturated rings. The summed E-state index contributed by atoms with van der Waals surface area (Å²) in [4.78, 5) is 5.02. The van der Waals surface area contributed by atoms with E-state index in [4.69, 9.17) is 0 Å². The number of hydrogen-bond acceptors (Lipinski definition) is 2. The highest BCUT2D eigenvalue weighted by Crippen LogP contribution is 2.52. The van der Waals surface area contributed by atoms with Crippen molar-refractivity contribution in [3.05, 3.63) is 188 Å². The second-order valence-electron chi connectivity index (χ2n) is 12.9. The van der Waals surface area contributed by atoms with Crippen LogP contribution < -0.4 is 0 Å². The van der Waals surface area contributed by atoms with Crippen molar-refractivity contribution in [3.63, 3.8) is 0 Å². The second kappa shape index (κ2) is 12.5. The molecule has 1 aliphatic rings. The Balaban J connectivity index is 1.24. The molecule has 0 saturated carbocycles. The minimum Gasteiger partial charge on any atom is -0.309 e. The van der Waals surface area contributed by atoms with Crippen molar-refractivity contribution in [2.24, 2.45) is 0 Å². The first-order valence-corrected chi connectivity index (χ1v) is 18.9. The molecule has 240 valence electrons. The Morgan fingerprint density at radius 1 is 0.314 bits per heavy atom. The van der Waals surface area contributed by atoms with Gasteiger partial charge in [0.1, 0.15) is 0 Å². The molecule has 10 rings (SSSR count). The van der Waals surface area contributed by atoms with E-state index in [1.54, 1.807) is 0 Å². The van der Waals surface area contributed by atoms with Gasteiger partial charge in [-0.1, -0.05) is 157 Å². The van der Waals surface area contributed by atoms with Crippen molar-refractivity contribution in [1.82, 2.24) is 4.57 Å². The molecule has 9 aromatic rings. The molecule has 0 aliphatic carbocycles. The predicted molar refractivity (Wildman–Crippen MR) is 217 cm³/mol. The van der Waals surface area contributed by atoms with Crippen molar-refractivity contribution >= 4 is 45.3 Å². The summed E-state index contributed by atoms with van der Waals surface area (Å²) in [7, 11) is 0. The van der Waals surface area contributed by atoms with Crippen LogP contribution in [-0.2, 0) is 0 Å². The molecular formula is C48H31NS2. The summed E-state index contributed by atoms with van der Waals surface area (Å²) in [5, 5.41) is 2.51. The molecule has 0 saturated heterocycles. The van der Waals surface area contributed by atoms with Crippen LogP contribution in [-0.4, -0.2) is 4.57 Å². The van der Waals surface area contributed by atoms with E-state index in [9.17, 15) is 0 Å². The van der Waals surface area contributed by atoms with E-state index in [-0.39, 0.29) is 0 Å². The molecule has 2 heterocycles. The second-order valence-corrected chi connectivity index (χ2v) is 15.0. The number of aromatic nitrogens is 1. The van der Waals surface area contributed by atoms with Crippen LogP contribution in [0.3, 0.4) is 0 Å². The largest absolute Gasteiger partial charge is 0.309 e. The molecule has 1 aromatic heterocycles. The van der Waals surface area contributed by atoms with E-state index in [0.717, 1.165) is 0 Å². The van der Waals surface area contributed by atoms with Gasteiger partial charge in [-0.05, 0) is 93.5 Å². The van der Waals surface area contributed by atoms with Gasteiger partial charge in [-0.2, -0.15) is 0 Å². The zero-order valence-electron chi connectivity index (χ0n) is 27.7. The summed E-state index contributed by atoms with van der Waals surface area (Å²) in [6.07, 6.45) is 0. The molecule has 1 nitrogen and oxygen atoms in total. The van der Waals surface area contributed by atoms with Crippen LogP contribution in [0.5, 0.6) is 0 Å². The summed E-state index contributed by atoms with van der Waals surface area (Å²) in [6, 6.07) is 68.8. The Bertz CT molecular complexity index is 2740. The number of hydrogen-bond donors (Lipinski definition) is 0. The van der Waals surface area contributed by atoms with Crippen LogP contribution in [0.1, 0.15) is 0 Å². The van der Waals surface area contributed by atoms with Gasteiger partial charge in [0.05, 0.1) is 11.0 Å². The standard InChI is InChI=1S/C48H31NS2/c1-3-14-32(15-4-1)33-26-28-40-47(31-33)51-45-24-12-9-20-39(45)38-19-8-11-23-44(38)50-46-25-13-21-36(48(40)46)34-27-29-43-41(30-34)37-18-7-10-22-42(37)49(43)35-16-5-2-6-17-35/h1-31H. The lowest BCUT2D eigenvalue weighted by Crippen LogP contribution is -1.95. The van der Waals surface area contributed by atoms with Gasteiger partial charge in [-0.3, -0.25) is 0 Å². The molecule has 0 spiro atoms. The highest BCUT2D eigenvalue weighted by Gasteiger charge is 2.23. The van der Waals surface area contributed by atoms with E-state index in [2.05, 4.69) is 193 Å². The maximum atomic E-state index is 2.41. The van der Waals surface area contributed by atoms with E-state index in [1.807, 2.05) is 23.5 Å². The fourth-order valence-electron chi connectivity index (χ4n) is 7.55. The minimum atomic E-state index is 1.17. The fraction of sp³-hybridized carbons (Fsp3) is 0. The first-order valence-electron chi connectivity index (χ1n) is 17.3. The highest BCUT2D eigenvalue weighted by molar-refractivity contribution is 8.00. The summed E-state index contributed by atoms with van der Waals surface area (Å²) in [6.45, 7) is 0. The molecule has 0 unspecified atom stereocenters. The Morgan fingerprint density at radius 3 is 1.69 bits per heavy atom. The summed E-state index contributed by atoms with van der Waals surface area (Å²) in [5.41, 5.74) is 13.5. The maximum Gasteiger partial charge on any atom is 0.0541 e. The smallest absolute Gasteiger partial charge is 0.0541 e. The van der Waals surface area contributed by atoms with Crippen LogP contribution in [0.4, 0.5) is 0 Å². The van der Waals surface area contributed by atoms with Gasteiger partial charge in [0.25, 0.3) is 0 Å². The third-order valence-corrected chi connectivity index (χ3v) is 12.2. The summed E-state index contributed by atoms with van der Waals surface area (Å²) >= 11 is 3.74. The van der Waals surface area contributed by atoms with Gasteiger partial charge in [-0.25, -0.2) is 0 Å². The van der Waals surface area contributed by atoms with Crippen LogP contribution in [0.2, 0.25) is 0 Å². The van der Waals surface area contributed by atoms with E-state index < -0.39 is 0 Å². The Morgan fingerprint density at radius 2 is 0.902 bits per heavy atom. The lowest BCUT2D eigenvalue weighted by atomic mass is 9.92. The van der Waals surface area contributed by atoms with Gasteiger partial charge in [-0.15, -0.1) is 0 Å². The fourth-order valence-corrected chi connectivity index (χ4v) is 9.82. The van der Waals surface area contributed by atoms with Crippen LogP contribution in [0.15, 0.2) is 208 Å². The SMILES string of the molecule is c1ccc(-c2ccc3c(c2)Sc2ccccc2-c2ccccc2Sc2cccc(-c4ccc5c(c4)c4ccccc4n5-c4ccccc4)c2-3)cc1. The van der Waals surface area contributed by atoms with Gasteiger partial charge < -0.3 is 4.57 Å². The number of fused-ring (bicyclic) bond motifs is 9. The number of benzene rings is 8. The van der Waals surface area contributed by atoms with Gasteiger partial charge >= 0.3 is 0 Å². The van der Waals surface area contributed by atoms with Crippen LogP contribution >= 0.6 is 23.5 Å². The Hall–Kier alpha value is -5.74. The Labute approximate surface area is 306 Å². The molecule has 0 atom stereocenters. The molecular weight excluding hydrogens is 655 g/mol. The van der Waals surface area contributed by atoms with Gasteiger partial charge in [0.2, 0.25) is 0 Å². The first kappa shape index (κ1) is 30.1. The molecule has 0 N–H and O–H groups in total. The average molecular weight is 686 g/mol. The first-order chi connectivity index (χ1) is 25.3. The molecule has 3 heteroatoms. The molecule has 0 bridgehead atoms. The zero-order chi connectivity index (χ0) is 33.7. The van der Waals surface area contributed by atoms with E-state index >= 15 is 0 Å². The van der Waals surface area contributed by atoms with E-state index in [1.165, 1.54) is 91.6 Å². The molecule has 8 aromatic carbocycles. The quantitative estimate of drug-likeness (QED) is 0.182. The third-order valence-electron chi connectivity index (χ3n) is 9.89. The highest BCUT2D eigenvalue weighted by atomic mass is 32.2. The van der Waals surface area contributed by atoms with Crippen molar-refractivity contribution < 1.29 is 0 Å². The summed E-state index contributed by atoms with van der Waals surface area (Å²) < 4.78 is 2.39. The topological polar surface area (TPSA) is 4.93 Å². The minimum absolute atomic E-state index is 1.17. The molecule has 0 radical (unpaired) electrons. The molecule has 0 amide bonds. The third kappa shape index (κ3) is 5.20. The predicted octanol–water partition coefficient (Wildman–Crippen LogP) is 14.1. The zero-order valence-corrected chi connectivity index (χ0v) is 29.3. The normalized spacial score (nSPS) is 12.2. The number of para-hydroxylation sites is 2. The lowest BCUT2D eigenvalue weighted by Gasteiger charge is -2.22. The van der Waals surface area contributed by atoms with Gasteiger partial charge in [0, 0.05) is 41.6 Å². The van der Waals surface area contributed by atoms with Gasteiger partial charge in [0.15, 0.2) is 0 Å². The van der Waals surface area contributed by atoms with E-state index in [0.29, 0.717) is 0 Å². The molecule has 51 heavy (non-hydrogen) atoms. The van der Waals surface area contributed by atoms with Crippen LogP contribution in [0.25, 0.3) is 72.0 Å². The van der Waals surface area contributed by atoms with Crippen molar-refractivity contribution in [3.8, 4) is 50.2 Å². The van der Waals surface area contributed by atoms with Crippen molar-refractivity contribution in [2.75, 3.05) is 0 Å². The van der Waals surface area contributed by atoms with Crippen molar-refractivity contribution in [1.29, 1.82) is 0 Å². The summed E-state index contributed by atoms with van der Waals surface area (Å²) in [5.74, 6) is 0. The number of nitrogens with zero attached hydrogens (tertiary/aromatic N) is 1. The molecule has 1 aliphatic heterocycles.